The fourth-order valence-corrected chi connectivity index (χ4v) is 3.18. The molecule has 2 unspecified atom stereocenters. The van der Waals surface area contributed by atoms with Crippen molar-refractivity contribution in [3.8, 4) is 0 Å². The predicted octanol–water partition coefficient (Wildman–Crippen LogP) is 1.29. The number of hydrogen-bond acceptors (Lipinski definition) is 3. The molecule has 0 bridgehead atoms. The van der Waals surface area contributed by atoms with E-state index in [1.54, 1.807) is 0 Å². The fourth-order valence-electron chi connectivity index (χ4n) is 2.59. The molecule has 0 aromatic carbocycles. The third kappa shape index (κ3) is 13.5. The summed E-state index contributed by atoms with van der Waals surface area (Å²) in [4.78, 5) is 17.7. The van der Waals surface area contributed by atoms with Crippen molar-refractivity contribution >= 4 is 7.82 Å². The second kappa shape index (κ2) is 13.4. The first-order valence-corrected chi connectivity index (χ1v) is 9.91. The van der Waals surface area contributed by atoms with Crippen LogP contribution in [0.1, 0.15) is 79.0 Å². The third-order valence-electron chi connectivity index (χ3n) is 3.89. The second-order valence-corrected chi connectivity index (χ2v) is 7.17. The summed E-state index contributed by atoms with van der Waals surface area (Å²) in [5, 5.41) is 0. The average Bonchev–Trinajstić information content (AvgIpc) is 3.22. The van der Waals surface area contributed by atoms with Crippen molar-refractivity contribution in [3.05, 3.63) is 0 Å². The van der Waals surface area contributed by atoms with Crippen LogP contribution in [0, 0.1) is 0 Å². The van der Waals surface area contributed by atoms with E-state index < -0.39 is 13.9 Å². The van der Waals surface area contributed by atoms with Crippen LogP contribution in [-0.2, 0) is 13.8 Å². The van der Waals surface area contributed by atoms with Crippen molar-refractivity contribution in [2.75, 3.05) is 6.61 Å². The van der Waals surface area contributed by atoms with Gasteiger partial charge in [0.05, 0.1) is 12.7 Å². The molecule has 0 saturated carbocycles. The Bertz CT molecular complexity index is 312. The zero-order valence-electron chi connectivity index (χ0n) is 15.2. The van der Waals surface area contributed by atoms with Gasteiger partial charge in [-0.3, -0.25) is 4.52 Å². The molecule has 1 aliphatic rings. The number of rotatable bonds is 14. The summed E-state index contributed by atoms with van der Waals surface area (Å²) in [5.74, 6) is 0. The van der Waals surface area contributed by atoms with Crippen LogP contribution >= 0.6 is 7.82 Å². The molecule has 22 heavy (non-hydrogen) atoms. The van der Waals surface area contributed by atoms with E-state index >= 15 is 0 Å². The SMILES string of the molecule is CCCCCCCCCCCCC(OP(=O)(O)O)C1CO1.[H-].[Na+]. The first kappa shape index (κ1) is 23.1. The van der Waals surface area contributed by atoms with E-state index in [1.165, 1.54) is 51.4 Å². The minimum absolute atomic E-state index is 0. The molecule has 0 aromatic rings. The number of unbranched alkanes of at least 4 members (excludes halogenated alkanes) is 9. The Hall–Kier alpha value is 1.07. The van der Waals surface area contributed by atoms with Crippen LogP contribution < -0.4 is 29.6 Å². The topological polar surface area (TPSA) is 79.3 Å². The van der Waals surface area contributed by atoms with Gasteiger partial charge in [0.15, 0.2) is 0 Å². The van der Waals surface area contributed by atoms with Crippen LogP contribution in [0.5, 0.6) is 0 Å². The molecule has 0 spiro atoms. The predicted molar refractivity (Wildman–Crippen MR) is 84.2 cm³/mol. The summed E-state index contributed by atoms with van der Waals surface area (Å²) in [5.41, 5.74) is 0. The van der Waals surface area contributed by atoms with Crippen molar-refractivity contribution in [2.45, 2.75) is 89.8 Å². The van der Waals surface area contributed by atoms with E-state index in [9.17, 15) is 4.57 Å². The zero-order valence-corrected chi connectivity index (χ0v) is 17.1. The monoisotopic (exact) mass is 346 g/mol. The van der Waals surface area contributed by atoms with Gasteiger partial charge in [-0.2, -0.15) is 0 Å². The Balaban J connectivity index is 0. The Morgan fingerprint density at radius 2 is 1.55 bits per heavy atom. The van der Waals surface area contributed by atoms with E-state index in [2.05, 4.69) is 6.92 Å². The van der Waals surface area contributed by atoms with Crippen LogP contribution in [0.2, 0.25) is 0 Å². The normalized spacial score (nSPS) is 18.8. The van der Waals surface area contributed by atoms with Crippen LogP contribution in [0.3, 0.4) is 0 Å². The largest absolute Gasteiger partial charge is 1.00 e. The van der Waals surface area contributed by atoms with E-state index in [0.717, 1.165) is 12.8 Å². The summed E-state index contributed by atoms with van der Waals surface area (Å²) in [6.45, 7) is 2.79. The molecule has 0 aromatic heterocycles. The van der Waals surface area contributed by atoms with Gasteiger partial charge < -0.3 is 16.0 Å². The summed E-state index contributed by atoms with van der Waals surface area (Å²) in [6, 6.07) is 0. The summed E-state index contributed by atoms with van der Waals surface area (Å²) in [7, 11) is -4.40. The zero-order chi connectivity index (χ0) is 15.6. The maximum absolute atomic E-state index is 10.9. The molecule has 1 heterocycles. The molecule has 0 aliphatic carbocycles. The van der Waals surface area contributed by atoms with E-state index in [-0.39, 0.29) is 37.1 Å². The van der Waals surface area contributed by atoms with Crippen molar-refractivity contribution in [3.63, 3.8) is 0 Å². The van der Waals surface area contributed by atoms with Gasteiger partial charge in [-0.1, -0.05) is 71.1 Å². The molecular weight excluding hydrogens is 314 g/mol. The van der Waals surface area contributed by atoms with Gasteiger partial charge in [0.25, 0.3) is 0 Å². The van der Waals surface area contributed by atoms with Gasteiger partial charge in [0.2, 0.25) is 0 Å². The average molecular weight is 346 g/mol. The molecule has 2 N–H and O–H groups in total. The second-order valence-electron chi connectivity index (χ2n) is 5.98. The van der Waals surface area contributed by atoms with Gasteiger partial charge in [-0.05, 0) is 6.42 Å². The van der Waals surface area contributed by atoms with Gasteiger partial charge in [-0.15, -0.1) is 0 Å². The minimum atomic E-state index is -4.40. The molecular formula is C15H32NaO5P. The Morgan fingerprint density at radius 3 is 1.95 bits per heavy atom. The number of phosphoric acid groups is 1. The van der Waals surface area contributed by atoms with Crippen LogP contribution in [0.4, 0.5) is 0 Å². The first-order chi connectivity index (χ1) is 10.0. The molecule has 1 saturated heterocycles. The molecule has 1 rings (SSSR count). The Kier molecular flexibility index (Phi) is 14.0. The molecule has 1 fully saturated rings. The maximum Gasteiger partial charge on any atom is 1.00 e. The van der Waals surface area contributed by atoms with E-state index in [1.807, 2.05) is 0 Å². The molecule has 0 amide bonds. The first-order valence-electron chi connectivity index (χ1n) is 8.38. The third-order valence-corrected chi connectivity index (χ3v) is 4.43. The number of epoxide rings is 1. The molecule has 7 heteroatoms. The van der Waals surface area contributed by atoms with Crippen molar-refractivity contribution in [2.24, 2.45) is 0 Å². The standard InChI is InChI=1S/C15H31O5P.Na.H/c1-2-3-4-5-6-7-8-9-10-11-12-14(15-13-19-15)20-21(16,17)18;;/h14-15H,2-13H2,1H3,(H2,16,17,18);;/q;+1;-1. The number of hydrogen-bond donors (Lipinski definition) is 2. The smallest absolute Gasteiger partial charge is 1.00 e. The molecule has 1 aliphatic heterocycles. The fraction of sp³-hybridized carbons (Fsp3) is 1.00. The Morgan fingerprint density at radius 1 is 1.09 bits per heavy atom. The number of phosphoric ester groups is 1. The maximum atomic E-state index is 10.9. The molecule has 0 radical (unpaired) electrons. The Labute approximate surface area is 158 Å². The molecule has 128 valence electrons. The van der Waals surface area contributed by atoms with Gasteiger partial charge >= 0.3 is 37.4 Å². The quantitative estimate of drug-likeness (QED) is 0.214. The number of ether oxygens (including phenoxy) is 1. The van der Waals surface area contributed by atoms with E-state index in [4.69, 9.17) is 19.0 Å². The van der Waals surface area contributed by atoms with Gasteiger partial charge in [0, 0.05) is 0 Å². The summed E-state index contributed by atoms with van der Waals surface area (Å²) in [6.07, 6.45) is 12.6. The van der Waals surface area contributed by atoms with Gasteiger partial charge in [-0.25, -0.2) is 4.57 Å². The van der Waals surface area contributed by atoms with E-state index in [0.29, 0.717) is 13.0 Å². The van der Waals surface area contributed by atoms with Gasteiger partial charge in [0.1, 0.15) is 6.10 Å². The van der Waals surface area contributed by atoms with Crippen LogP contribution in [0.15, 0.2) is 0 Å². The summed E-state index contributed by atoms with van der Waals surface area (Å²) >= 11 is 0. The van der Waals surface area contributed by atoms with Crippen LogP contribution in [0.25, 0.3) is 0 Å². The molecule has 2 atom stereocenters. The van der Waals surface area contributed by atoms with Crippen molar-refractivity contribution < 1.29 is 54.6 Å². The van der Waals surface area contributed by atoms with Crippen molar-refractivity contribution in [1.82, 2.24) is 0 Å². The minimum Gasteiger partial charge on any atom is -1.00 e. The molecule has 5 nitrogen and oxygen atoms in total. The van der Waals surface area contributed by atoms with Crippen LogP contribution in [-0.4, -0.2) is 28.6 Å². The van der Waals surface area contributed by atoms with Crippen molar-refractivity contribution in [1.29, 1.82) is 0 Å². The summed E-state index contributed by atoms with van der Waals surface area (Å²) < 4.78 is 20.7.